The maximum absolute atomic E-state index is 12.1. The number of benzene rings is 1. The predicted molar refractivity (Wildman–Crippen MR) is 81.6 cm³/mol. The Morgan fingerprint density at radius 2 is 2.19 bits per heavy atom. The van der Waals surface area contributed by atoms with Crippen LogP contribution in [-0.4, -0.2) is 23.9 Å². The van der Waals surface area contributed by atoms with Crippen molar-refractivity contribution in [1.29, 1.82) is 0 Å². The summed E-state index contributed by atoms with van der Waals surface area (Å²) in [7, 11) is 0. The molecule has 1 aromatic rings. The summed E-state index contributed by atoms with van der Waals surface area (Å²) >= 11 is 0. The van der Waals surface area contributed by atoms with Crippen LogP contribution in [0.15, 0.2) is 18.2 Å². The summed E-state index contributed by atoms with van der Waals surface area (Å²) in [5.74, 6) is 0.418. The number of anilines is 1. The second-order valence-corrected chi connectivity index (χ2v) is 5.42. The van der Waals surface area contributed by atoms with E-state index >= 15 is 0 Å². The Kier molecular flexibility index (Phi) is 5.14. The minimum absolute atomic E-state index is 0.000932. The average Bonchev–Trinajstić information content (AvgIpc) is 2.42. The summed E-state index contributed by atoms with van der Waals surface area (Å²) in [5, 5.41) is 16.9. The molecule has 0 atom stereocenters. The van der Waals surface area contributed by atoms with Gasteiger partial charge in [-0.2, -0.15) is 0 Å². The second-order valence-electron chi connectivity index (χ2n) is 5.42. The summed E-state index contributed by atoms with van der Waals surface area (Å²) in [6.45, 7) is 3.30. The van der Waals surface area contributed by atoms with E-state index in [1.54, 1.807) is 6.07 Å². The fourth-order valence-electron chi connectivity index (χ4n) is 2.27. The lowest BCUT2D eigenvalue weighted by molar-refractivity contribution is -0.384. The predicted octanol–water partition coefficient (Wildman–Crippen LogP) is 2.95. The number of rotatable bonds is 7. The van der Waals surface area contributed by atoms with E-state index < -0.39 is 4.92 Å². The van der Waals surface area contributed by atoms with Crippen molar-refractivity contribution < 1.29 is 9.72 Å². The molecule has 0 spiro atoms. The van der Waals surface area contributed by atoms with Crippen LogP contribution in [-0.2, 0) is 0 Å². The molecule has 6 nitrogen and oxygen atoms in total. The molecule has 0 heterocycles. The molecule has 1 aromatic carbocycles. The Balaban J connectivity index is 2.07. The highest BCUT2D eigenvalue weighted by atomic mass is 16.6. The van der Waals surface area contributed by atoms with Crippen LogP contribution in [0.1, 0.15) is 43.0 Å². The van der Waals surface area contributed by atoms with Crippen molar-refractivity contribution in [2.45, 2.75) is 32.6 Å². The standard InChI is InChI=1S/C15H21N3O3/c1-2-8-16-13-9-12(6-7-14(13)18(20)21)15(19)17-10-11-4-3-5-11/h6-7,9,11,16H,2-5,8,10H2,1H3,(H,17,19). The van der Waals surface area contributed by atoms with E-state index in [9.17, 15) is 14.9 Å². The second kappa shape index (κ2) is 7.06. The Labute approximate surface area is 124 Å². The number of nitro benzene ring substituents is 1. The van der Waals surface area contributed by atoms with Gasteiger partial charge in [-0.25, -0.2) is 0 Å². The molecule has 114 valence electrons. The molecule has 1 fully saturated rings. The van der Waals surface area contributed by atoms with Gasteiger partial charge in [0.05, 0.1) is 4.92 Å². The molecule has 21 heavy (non-hydrogen) atoms. The Hall–Kier alpha value is -2.11. The van der Waals surface area contributed by atoms with E-state index in [4.69, 9.17) is 0 Å². The van der Waals surface area contributed by atoms with E-state index in [1.807, 2.05) is 6.92 Å². The number of amides is 1. The van der Waals surface area contributed by atoms with Crippen LogP contribution in [0.3, 0.4) is 0 Å². The van der Waals surface area contributed by atoms with Crippen molar-refractivity contribution in [2.24, 2.45) is 5.92 Å². The SMILES string of the molecule is CCCNc1cc(C(=O)NCC2CCC2)ccc1[N+](=O)[O-]. The topological polar surface area (TPSA) is 84.3 Å². The molecule has 2 N–H and O–H groups in total. The third kappa shape index (κ3) is 3.93. The fraction of sp³-hybridized carbons (Fsp3) is 0.533. The number of carbonyl (C=O) groups excluding carboxylic acids is 1. The summed E-state index contributed by atoms with van der Waals surface area (Å²) in [6.07, 6.45) is 4.44. The zero-order valence-electron chi connectivity index (χ0n) is 12.2. The first-order valence-corrected chi connectivity index (χ1v) is 7.42. The summed E-state index contributed by atoms with van der Waals surface area (Å²) < 4.78 is 0. The summed E-state index contributed by atoms with van der Waals surface area (Å²) in [4.78, 5) is 22.6. The van der Waals surface area contributed by atoms with Crippen LogP contribution in [0.2, 0.25) is 0 Å². The van der Waals surface area contributed by atoms with Crippen LogP contribution in [0.4, 0.5) is 11.4 Å². The molecule has 1 aliphatic carbocycles. The quantitative estimate of drug-likeness (QED) is 0.597. The van der Waals surface area contributed by atoms with E-state index in [1.165, 1.54) is 31.4 Å². The van der Waals surface area contributed by atoms with Crippen LogP contribution in [0.25, 0.3) is 0 Å². The van der Waals surface area contributed by atoms with Gasteiger partial charge in [-0.1, -0.05) is 13.3 Å². The first kappa shape index (κ1) is 15.3. The van der Waals surface area contributed by atoms with Gasteiger partial charge in [0.25, 0.3) is 11.6 Å². The Morgan fingerprint density at radius 1 is 1.43 bits per heavy atom. The fourth-order valence-corrected chi connectivity index (χ4v) is 2.27. The molecule has 1 aliphatic rings. The van der Waals surface area contributed by atoms with Gasteiger partial charge >= 0.3 is 0 Å². The molecular formula is C15H21N3O3. The maximum atomic E-state index is 12.1. The molecule has 6 heteroatoms. The van der Waals surface area contributed by atoms with Crippen molar-refractivity contribution >= 4 is 17.3 Å². The lowest BCUT2D eigenvalue weighted by Gasteiger charge is -2.25. The van der Waals surface area contributed by atoms with Crippen molar-refractivity contribution in [3.63, 3.8) is 0 Å². The molecule has 0 bridgehead atoms. The van der Waals surface area contributed by atoms with E-state index in [0.29, 0.717) is 30.3 Å². The van der Waals surface area contributed by atoms with Crippen molar-refractivity contribution in [1.82, 2.24) is 5.32 Å². The highest BCUT2D eigenvalue weighted by Crippen LogP contribution is 2.27. The molecule has 2 rings (SSSR count). The number of nitrogens with one attached hydrogen (secondary N) is 2. The average molecular weight is 291 g/mol. The van der Waals surface area contributed by atoms with Gasteiger partial charge in [-0.05, 0) is 37.3 Å². The summed E-state index contributed by atoms with van der Waals surface area (Å²) in [5.41, 5.74) is 0.857. The molecule has 0 radical (unpaired) electrons. The maximum Gasteiger partial charge on any atom is 0.292 e. The van der Waals surface area contributed by atoms with Gasteiger partial charge in [-0.3, -0.25) is 14.9 Å². The van der Waals surface area contributed by atoms with Crippen molar-refractivity contribution in [3.05, 3.63) is 33.9 Å². The van der Waals surface area contributed by atoms with E-state index in [-0.39, 0.29) is 11.6 Å². The van der Waals surface area contributed by atoms with Crippen molar-refractivity contribution in [2.75, 3.05) is 18.4 Å². The third-order valence-corrected chi connectivity index (χ3v) is 3.80. The number of carbonyl (C=O) groups is 1. The zero-order chi connectivity index (χ0) is 15.2. The highest BCUT2D eigenvalue weighted by Gasteiger charge is 2.20. The molecule has 0 unspecified atom stereocenters. The smallest absolute Gasteiger partial charge is 0.292 e. The number of hydrogen-bond acceptors (Lipinski definition) is 4. The van der Waals surface area contributed by atoms with Crippen LogP contribution < -0.4 is 10.6 Å². The largest absolute Gasteiger partial charge is 0.379 e. The molecule has 0 saturated heterocycles. The zero-order valence-corrected chi connectivity index (χ0v) is 12.2. The summed E-state index contributed by atoms with van der Waals surface area (Å²) in [6, 6.07) is 4.45. The molecule has 1 saturated carbocycles. The molecule has 0 aromatic heterocycles. The Bertz CT molecular complexity index is 527. The minimum Gasteiger partial charge on any atom is -0.379 e. The lowest BCUT2D eigenvalue weighted by Crippen LogP contribution is -2.32. The minimum atomic E-state index is -0.436. The monoisotopic (exact) mass is 291 g/mol. The third-order valence-electron chi connectivity index (χ3n) is 3.80. The first-order valence-electron chi connectivity index (χ1n) is 7.42. The van der Waals surface area contributed by atoms with Gasteiger partial charge in [-0.15, -0.1) is 0 Å². The van der Waals surface area contributed by atoms with Gasteiger partial charge in [0, 0.05) is 24.7 Å². The Morgan fingerprint density at radius 3 is 2.76 bits per heavy atom. The van der Waals surface area contributed by atoms with Crippen LogP contribution in [0.5, 0.6) is 0 Å². The van der Waals surface area contributed by atoms with Gasteiger partial charge in [0.2, 0.25) is 0 Å². The first-order chi connectivity index (χ1) is 10.1. The van der Waals surface area contributed by atoms with Gasteiger partial charge in [0.15, 0.2) is 0 Å². The number of nitrogens with zero attached hydrogens (tertiary/aromatic N) is 1. The normalized spacial score (nSPS) is 14.3. The van der Waals surface area contributed by atoms with Crippen molar-refractivity contribution in [3.8, 4) is 0 Å². The van der Waals surface area contributed by atoms with E-state index in [2.05, 4.69) is 10.6 Å². The van der Waals surface area contributed by atoms with Gasteiger partial charge in [0.1, 0.15) is 5.69 Å². The van der Waals surface area contributed by atoms with Crippen LogP contribution >= 0.6 is 0 Å². The number of nitro groups is 1. The van der Waals surface area contributed by atoms with Crippen LogP contribution in [0, 0.1) is 16.0 Å². The highest BCUT2D eigenvalue weighted by molar-refractivity contribution is 5.95. The molecule has 1 amide bonds. The van der Waals surface area contributed by atoms with E-state index in [0.717, 1.165) is 6.42 Å². The van der Waals surface area contributed by atoms with Gasteiger partial charge < -0.3 is 10.6 Å². The molecular weight excluding hydrogens is 270 g/mol. The number of hydrogen-bond donors (Lipinski definition) is 2. The molecule has 0 aliphatic heterocycles. The lowest BCUT2D eigenvalue weighted by atomic mass is 9.85.